The molecule has 0 saturated carbocycles. The van der Waals surface area contributed by atoms with Gasteiger partial charge in [-0.25, -0.2) is 4.98 Å². The summed E-state index contributed by atoms with van der Waals surface area (Å²) in [4.78, 5) is 18.2. The van der Waals surface area contributed by atoms with E-state index in [9.17, 15) is 20.6 Å². The zero-order valence-electron chi connectivity index (χ0n) is 19.1. The van der Waals surface area contributed by atoms with Gasteiger partial charge in [-0.3, -0.25) is 4.79 Å². The first-order valence-electron chi connectivity index (χ1n) is 11.1. The molecule has 0 fully saturated rings. The molecule has 0 spiro atoms. The highest BCUT2D eigenvalue weighted by Crippen LogP contribution is 2.39. The van der Waals surface area contributed by atoms with E-state index in [0.29, 0.717) is 38.4 Å². The number of nitrogens with zero attached hydrogens (tertiary/aromatic N) is 4. The van der Waals surface area contributed by atoms with Gasteiger partial charge in [-0.2, -0.15) is 15.8 Å². The molecule has 4 rings (SSSR count). The molecule has 0 radical (unpaired) electrons. The third-order valence-electron chi connectivity index (χ3n) is 5.92. The van der Waals surface area contributed by atoms with Gasteiger partial charge in [0, 0.05) is 22.6 Å². The van der Waals surface area contributed by atoms with Crippen molar-refractivity contribution in [2.45, 2.75) is 37.6 Å². The lowest BCUT2D eigenvalue weighted by atomic mass is 9.89. The highest BCUT2D eigenvalue weighted by atomic mass is 32.2. The number of benzene rings is 1. The largest absolute Gasteiger partial charge is 0.383 e. The number of nitrogens with one attached hydrogen (secondary N) is 1. The van der Waals surface area contributed by atoms with E-state index in [4.69, 9.17) is 5.73 Å². The molecule has 1 unspecified atom stereocenters. The Morgan fingerprint density at radius 1 is 1.17 bits per heavy atom. The molecule has 1 amide bonds. The van der Waals surface area contributed by atoms with Crippen molar-refractivity contribution in [3.8, 4) is 29.3 Å². The first kappa shape index (κ1) is 24.3. The Morgan fingerprint density at radius 3 is 2.57 bits per heavy atom. The van der Waals surface area contributed by atoms with Crippen LogP contribution >= 0.6 is 23.1 Å². The average Bonchev–Trinajstić information content (AvgIpc) is 3.19. The molecule has 7 nitrogen and oxygen atoms in total. The number of amides is 1. The molecule has 1 aromatic carbocycles. The molecular weight excluding hydrogens is 476 g/mol. The van der Waals surface area contributed by atoms with Crippen molar-refractivity contribution in [1.82, 2.24) is 4.98 Å². The summed E-state index contributed by atoms with van der Waals surface area (Å²) in [7, 11) is 0. The maximum atomic E-state index is 12.7. The molecule has 3 aromatic rings. The van der Waals surface area contributed by atoms with Gasteiger partial charge in [-0.05, 0) is 36.3 Å². The van der Waals surface area contributed by atoms with Crippen LogP contribution in [0.3, 0.4) is 0 Å². The van der Waals surface area contributed by atoms with Gasteiger partial charge in [0.2, 0.25) is 5.91 Å². The number of carbonyl (C=O) groups is 1. The summed E-state index contributed by atoms with van der Waals surface area (Å²) in [5.74, 6) is 0.783. The minimum absolute atomic E-state index is 0.0503. The molecule has 3 N–H and O–H groups in total. The van der Waals surface area contributed by atoms with Crippen LogP contribution in [0.1, 0.15) is 46.9 Å². The van der Waals surface area contributed by atoms with Crippen molar-refractivity contribution in [1.29, 1.82) is 15.8 Å². The smallest absolute Gasteiger partial charge is 0.225 e. The van der Waals surface area contributed by atoms with Crippen LogP contribution in [0, 0.1) is 39.9 Å². The Hall–Kier alpha value is -3.84. The van der Waals surface area contributed by atoms with Crippen LogP contribution in [0.4, 0.5) is 10.8 Å². The van der Waals surface area contributed by atoms with E-state index in [1.165, 1.54) is 28.0 Å². The first-order chi connectivity index (χ1) is 17.0. The number of fused-ring (bicyclic) bond motifs is 1. The van der Waals surface area contributed by atoms with E-state index >= 15 is 0 Å². The van der Waals surface area contributed by atoms with Gasteiger partial charge in [0.25, 0.3) is 0 Å². The maximum Gasteiger partial charge on any atom is 0.225 e. The van der Waals surface area contributed by atoms with Crippen molar-refractivity contribution in [3.05, 3.63) is 57.5 Å². The van der Waals surface area contributed by atoms with E-state index in [1.807, 2.05) is 30.3 Å². The Labute approximate surface area is 212 Å². The maximum absolute atomic E-state index is 12.7. The Kier molecular flexibility index (Phi) is 7.36. The number of rotatable bonds is 6. The molecule has 1 atom stereocenters. The van der Waals surface area contributed by atoms with Crippen LogP contribution in [-0.4, -0.2) is 16.6 Å². The molecule has 1 aliphatic carbocycles. The first-order valence-corrected chi connectivity index (χ1v) is 12.9. The van der Waals surface area contributed by atoms with Crippen LogP contribution in [-0.2, 0) is 17.6 Å². The summed E-state index contributed by atoms with van der Waals surface area (Å²) in [6, 6.07) is 15.6. The highest BCUT2D eigenvalue weighted by Gasteiger charge is 2.25. The lowest BCUT2D eigenvalue weighted by Crippen LogP contribution is -2.12. The highest BCUT2D eigenvalue weighted by molar-refractivity contribution is 7.99. The van der Waals surface area contributed by atoms with E-state index in [0.717, 1.165) is 24.8 Å². The number of nitrogens with two attached hydrogens (primary N) is 1. The van der Waals surface area contributed by atoms with Gasteiger partial charge in [0.1, 0.15) is 39.6 Å². The van der Waals surface area contributed by atoms with Crippen LogP contribution < -0.4 is 11.1 Å². The summed E-state index contributed by atoms with van der Waals surface area (Å²) < 4.78 is 0. The molecule has 9 heteroatoms. The topological polar surface area (TPSA) is 139 Å². The van der Waals surface area contributed by atoms with Gasteiger partial charge in [-0.15, -0.1) is 23.1 Å². The number of aromatic nitrogens is 1. The fourth-order valence-electron chi connectivity index (χ4n) is 4.18. The molecule has 35 heavy (non-hydrogen) atoms. The van der Waals surface area contributed by atoms with Gasteiger partial charge in [0.05, 0.1) is 11.1 Å². The number of thioether (sulfide) groups is 1. The molecule has 174 valence electrons. The summed E-state index contributed by atoms with van der Waals surface area (Å²) in [6.07, 6.45) is 3.03. The standard InChI is InChI=1S/C26H22N6OS2/c1-15-7-8-17-18(12-27)26(35-21(17)11-15)31-22(33)9-10-34-25-20(14-29)23(16-5-3-2-4-6-16)19(13-28)24(30)32-25/h2-6,15H,7-11H2,1H3,(H2,30,32)(H,31,33). The zero-order valence-corrected chi connectivity index (χ0v) is 20.7. The summed E-state index contributed by atoms with van der Waals surface area (Å²) in [5, 5.41) is 33.0. The number of thiophene rings is 1. The lowest BCUT2D eigenvalue weighted by molar-refractivity contribution is -0.115. The second-order valence-corrected chi connectivity index (χ2v) is 10.5. The third-order valence-corrected chi connectivity index (χ3v) is 8.07. The Morgan fingerprint density at radius 2 is 1.89 bits per heavy atom. The predicted octanol–water partition coefficient (Wildman–Crippen LogP) is 5.25. The molecule has 1 aliphatic rings. The molecule has 2 heterocycles. The van der Waals surface area contributed by atoms with Gasteiger partial charge >= 0.3 is 0 Å². The Bertz CT molecular complexity index is 1410. The number of anilines is 2. The number of hydrogen-bond acceptors (Lipinski definition) is 8. The van der Waals surface area contributed by atoms with Crippen molar-refractivity contribution in [3.63, 3.8) is 0 Å². The average molecular weight is 499 g/mol. The third kappa shape index (κ3) is 5.00. The number of hydrogen-bond donors (Lipinski definition) is 2. The van der Waals surface area contributed by atoms with Gasteiger partial charge in [-0.1, -0.05) is 37.3 Å². The normalized spacial score (nSPS) is 14.3. The van der Waals surface area contributed by atoms with E-state index < -0.39 is 0 Å². The minimum atomic E-state index is -0.205. The summed E-state index contributed by atoms with van der Waals surface area (Å²) >= 11 is 2.74. The number of nitrogen functional groups attached to an aromatic ring is 1. The minimum Gasteiger partial charge on any atom is -0.383 e. The molecule has 2 aromatic heterocycles. The fourth-order valence-corrected chi connectivity index (χ4v) is 6.50. The van der Waals surface area contributed by atoms with Crippen molar-refractivity contribution in [2.75, 3.05) is 16.8 Å². The van der Waals surface area contributed by atoms with Crippen LogP contribution in [0.2, 0.25) is 0 Å². The van der Waals surface area contributed by atoms with E-state index in [2.05, 4.69) is 35.4 Å². The fraction of sp³-hybridized carbons (Fsp3) is 0.269. The lowest BCUT2D eigenvalue weighted by Gasteiger charge is -2.17. The van der Waals surface area contributed by atoms with Crippen molar-refractivity contribution in [2.24, 2.45) is 5.92 Å². The van der Waals surface area contributed by atoms with E-state index in [1.54, 1.807) is 0 Å². The molecule has 0 saturated heterocycles. The number of nitriles is 3. The van der Waals surface area contributed by atoms with Gasteiger partial charge in [0.15, 0.2) is 0 Å². The summed E-state index contributed by atoms with van der Waals surface area (Å²) in [5.41, 5.74) is 9.29. The van der Waals surface area contributed by atoms with E-state index in [-0.39, 0.29) is 29.3 Å². The number of pyridine rings is 1. The van der Waals surface area contributed by atoms with Crippen LogP contribution in [0.15, 0.2) is 35.4 Å². The monoisotopic (exact) mass is 498 g/mol. The number of carbonyl (C=O) groups excluding carboxylic acids is 1. The van der Waals surface area contributed by atoms with Gasteiger partial charge < -0.3 is 11.1 Å². The molecule has 0 bridgehead atoms. The summed E-state index contributed by atoms with van der Waals surface area (Å²) in [6.45, 7) is 2.20. The van der Waals surface area contributed by atoms with Crippen LogP contribution in [0.5, 0.6) is 0 Å². The second kappa shape index (κ2) is 10.6. The molecule has 0 aliphatic heterocycles. The zero-order chi connectivity index (χ0) is 24.9. The molecular formula is C26H22N6OS2. The van der Waals surface area contributed by atoms with Crippen molar-refractivity contribution < 1.29 is 4.79 Å². The second-order valence-electron chi connectivity index (χ2n) is 8.33. The predicted molar refractivity (Wildman–Crippen MR) is 138 cm³/mol. The SMILES string of the molecule is CC1CCc2c(sc(NC(=O)CCSc3nc(N)c(C#N)c(-c4ccccc4)c3C#N)c2C#N)C1. The quantitative estimate of drug-likeness (QED) is 0.442. The van der Waals surface area contributed by atoms with Crippen LogP contribution in [0.25, 0.3) is 11.1 Å². The Balaban J connectivity index is 1.50. The van der Waals surface area contributed by atoms with Crippen molar-refractivity contribution >= 4 is 39.8 Å².